The van der Waals surface area contributed by atoms with Crippen LogP contribution in [0.25, 0.3) is 0 Å². The topological polar surface area (TPSA) is 323 Å². The summed E-state index contributed by atoms with van der Waals surface area (Å²) in [4.78, 5) is 101. The largest absolute Gasteiger partial charge is 0.541 e. The van der Waals surface area contributed by atoms with E-state index in [2.05, 4.69) is 19.1 Å². The number of imide groups is 2. The summed E-state index contributed by atoms with van der Waals surface area (Å²) in [6, 6.07) is 0. The Labute approximate surface area is 227 Å². The average molecular weight is 652 g/mol. The van der Waals surface area contributed by atoms with Crippen LogP contribution in [-0.2, 0) is 78.0 Å². The second kappa shape index (κ2) is 12.2. The Balaban J connectivity index is 1.77. The summed E-state index contributed by atoms with van der Waals surface area (Å²) in [6.45, 7) is 0. The number of nitrogens with zero attached hydrogens (tertiary/aromatic N) is 2. The lowest BCUT2D eigenvalue weighted by Crippen LogP contribution is -2.37. The molecule has 2 unspecified atom stereocenters. The van der Waals surface area contributed by atoms with E-state index < -0.39 is 126 Å². The van der Waals surface area contributed by atoms with Crippen molar-refractivity contribution in [2.75, 3.05) is 11.5 Å². The van der Waals surface area contributed by atoms with Crippen molar-refractivity contribution in [3.05, 3.63) is 0 Å². The van der Waals surface area contributed by atoms with Gasteiger partial charge in [0.05, 0.1) is 37.2 Å². The molecule has 2 atom stereocenters. The zero-order chi connectivity index (χ0) is 31.5. The van der Waals surface area contributed by atoms with Crippen LogP contribution < -0.4 is 0 Å². The maximum absolute atomic E-state index is 12.0. The van der Waals surface area contributed by atoms with Gasteiger partial charge in [-0.25, -0.2) is 18.0 Å². The molecule has 0 aromatic rings. The lowest BCUT2D eigenvalue weighted by atomic mass is 10.4. The number of hydrogen-bond acceptors (Lipinski definition) is 18. The van der Waals surface area contributed by atoms with Gasteiger partial charge in [-0.1, -0.05) is 10.1 Å². The van der Waals surface area contributed by atoms with Crippen LogP contribution in [0.4, 0.5) is 9.59 Å². The van der Waals surface area contributed by atoms with Crippen molar-refractivity contribution < 1.29 is 91.9 Å². The molecule has 2 N–H and O–H groups in total. The molecule has 2 fully saturated rings. The molecule has 2 aliphatic rings. The van der Waals surface area contributed by atoms with Crippen LogP contribution in [-0.4, -0.2) is 114 Å². The molecular formula is C16H16N2O20S3. The summed E-state index contributed by atoms with van der Waals surface area (Å²) in [6.07, 6.45) is -8.35. The Morgan fingerprint density at radius 3 is 1.24 bits per heavy atom. The van der Waals surface area contributed by atoms with E-state index in [1.54, 1.807) is 0 Å². The fourth-order valence-electron chi connectivity index (χ4n) is 2.88. The van der Waals surface area contributed by atoms with Crippen molar-refractivity contribution in [2.24, 2.45) is 0 Å². The van der Waals surface area contributed by atoms with E-state index in [0.717, 1.165) is 0 Å². The number of hydrogen-bond donors (Lipinski definition) is 2. The minimum atomic E-state index is -5.03. The van der Waals surface area contributed by atoms with Gasteiger partial charge >= 0.3 is 24.2 Å². The van der Waals surface area contributed by atoms with Crippen molar-refractivity contribution in [3.63, 3.8) is 0 Å². The SMILES string of the molecule is O=C(CCS(=O)(=O)CCC(=O)OC(=O)ON1C(=O)CC(S(=O)(=O)O)C1=O)OC(=O)ON1C(=O)CC(S(=O)(=O)O)C1=O. The van der Waals surface area contributed by atoms with E-state index in [4.69, 9.17) is 9.11 Å². The highest BCUT2D eigenvalue weighted by Gasteiger charge is 2.50. The maximum Gasteiger partial charge on any atom is 0.541 e. The second-order valence-electron chi connectivity index (χ2n) is 7.75. The highest BCUT2D eigenvalue weighted by atomic mass is 32.2. The molecule has 2 heterocycles. The third-order valence-electron chi connectivity index (χ3n) is 4.80. The third kappa shape index (κ3) is 8.96. The molecule has 4 amide bonds. The van der Waals surface area contributed by atoms with Gasteiger partial charge in [0.25, 0.3) is 43.9 Å². The fraction of sp³-hybridized carbons (Fsp3) is 0.500. The Bertz CT molecular complexity index is 1420. The molecule has 2 rings (SSSR count). The van der Waals surface area contributed by atoms with E-state index in [1.807, 2.05) is 0 Å². The first-order valence-electron chi connectivity index (χ1n) is 10.3. The Morgan fingerprint density at radius 2 is 0.976 bits per heavy atom. The van der Waals surface area contributed by atoms with Crippen molar-refractivity contribution >= 4 is 78.0 Å². The molecule has 41 heavy (non-hydrogen) atoms. The van der Waals surface area contributed by atoms with Gasteiger partial charge < -0.3 is 9.47 Å². The molecule has 0 spiro atoms. The number of hydroxylamine groups is 4. The number of rotatable bonds is 10. The molecule has 0 aromatic heterocycles. The van der Waals surface area contributed by atoms with Gasteiger partial charge in [0, 0.05) is 0 Å². The minimum absolute atomic E-state index is 0.385. The molecule has 2 saturated heterocycles. The monoisotopic (exact) mass is 652 g/mol. The molecule has 0 saturated carbocycles. The van der Waals surface area contributed by atoms with Crippen molar-refractivity contribution in [3.8, 4) is 0 Å². The first kappa shape index (κ1) is 33.1. The van der Waals surface area contributed by atoms with Crippen LogP contribution in [0.3, 0.4) is 0 Å². The summed E-state index contributed by atoms with van der Waals surface area (Å²) in [7, 11) is -14.4. The number of carbonyl (C=O) groups is 8. The molecule has 25 heteroatoms. The number of sulfone groups is 1. The molecule has 228 valence electrons. The first-order valence-corrected chi connectivity index (χ1v) is 15.2. The molecule has 2 aliphatic heterocycles. The van der Waals surface area contributed by atoms with E-state index in [0.29, 0.717) is 0 Å². The molecule has 22 nitrogen and oxygen atoms in total. The number of carbonyl (C=O) groups excluding carboxylic acids is 8. The van der Waals surface area contributed by atoms with E-state index in [1.165, 1.54) is 0 Å². The van der Waals surface area contributed by atoms with Gasteiger partial charge in [-0.2, -0.15) is 16.8 Å². The van der Waals surface area contributed by atoms with Crippen LogP contribution in [0.2, 0.25) is 0 Å². The zero-order valence-electron chi connectivity index (χ0n) is 19.8. The van der Waals surface area contributed by atoms with Crippen LogP contribution in [0, 0.1) is 0 Å². The zero-order valence-corrected chi connectivity index (χ0v) is 22.2. The summed E-state index contributed by atoms with van der Waals surface area (Å²) < 4.78 is 93.9. The van der Waals surface area contributed by atoms with Crippen molar-refractivity contribution in [1.29, 1.82) is 0 Å². The van der Waals surface area contributed by atoms with Crippen LogP contribution in [0.15, 0.2) is 0 Å². The van der Waals surface area contributed by atoms with Crippen molar-refractivity contribution in [2.45, 2.75) is 36.2 Å². The fourth-order valence-corrected chi connectivity index (χ4v) is 5.44. The Morgan fingerprint density at radius 1 is 0.659 bits per heavy atom. The maximum atomic E-state index is 12.0. The summed E-state index contributed by atoms with van der Waals surface area (Å²) in [5.74, 6) is -11.4. The Kier molecular flexibility index (Phi) is 9.87. The molecule has 0 radical (unpaired) electrons. The first-order chi connectivity index (χ1) is 18.6. The predicted molar refractivity (Wildman–Crippen MR) is 117 cm³/mol. The van der Waals surface area contributed by atoms with Crippen LogP contribution >= 0.6 is 0 Å². The van der Waals surface area contributed by atoms with E-state index in [9.17, 15) is 63.6 Å². The van der Waals surface area contributed by atoms with Gasteiger partial charge in [0.15, 0.2) is 20.3 Å². The predicted octanol–water partition coefficient (Wildman–Crippen LogP) is -3.60. The van der Waals surface area contributed by atoms with Crippen molar-refractivity contribution in [1.82, 2.24) is 10.1 Å². The molecular weight excluding hydrogens is 636 g/mol. The second-order valence-corrected chi connectivity index (χ2v) is 13.3. The molecule has 0 bridgehead atoms. The lowest BCUT2D eigenvalue weighted by molar-refractivity contribution is -0.179. The van der Waals surface area contributed by atoms with Gasteiger partial charge in [0.1, 0.15) is 0 Å². The minimum Gasteiger partial charge on any atom is -0.359 e. The van der Waals surface area contributed by atoms with E-state index >= 15 is 0 Å². The smallest absolute Gasteiger partial charge is 0.359 e. The third-order valence-corrected chi connectivity index (χ3v) is 8.63. The number of amides is 4. The average Bonchev–Trinajstić information content (AvgIpc) is 3.26. The highest BCUT2D eigenvalue weighted by Crippen LogP contribution is 2.21. The quantitative estimate of drug-likeness (QED) is 0.0996. The van der Waals surface area contributed by atoms with Gasteiger partial charge in [-0.3, -0.25) is 47.5 Å². The normalized spacial score (nSPS) is 19.8. The summed E-state index contributed by atoms with van der Waals surface area (Å²) in [5.41, 5.74) is 0. The number of esters is 2. The van der Waals surface area contributed by atoms with Gasteiger partial charge in [-0.05, 0) is 0 Å². The van der Waals surface area contributed by atoms with Crippen LogP contribution in [0.5, 0.6) is 0 Å². The highest BCUT2D eigenvalue weighted by molar-refractivity contribution is 7.91. The van der Waals surface area contributed by atoms with Gasteiger partial charge in [0.2, 0.25) is 0 Å². The van der Waals surface area contributed by atoms with Crippen LogP contribution in [0.1, 0.15) is 25.7 Å². The standard InChI is InChI=1S/C16H16N2O20S3/c19-9-5-7(40(29,30)31)13(23)17(9)37-15(25)35-11(21)1-3-39(27,28)4-2-12(22)36-16(26)38-18-10(20)6-8(14(18)24)41(32,33)34/h7-8H,1-6H2,(H,29,30,31)(H,32,33,34). The molecule has 0 aliphatic carbocycles. The van der Waals surface area contributed by atoms with Gasteiger partial charge in [-0.15, -0.1) is 0 Å². The molecule has 0 aromatic carbocycles. The number of ether oxygens (including phenoxy) is 2. The summed E-state index contributed by atoms with van der Waals surface area (Å²) >= 11 is 0. The Hall–Kier alpha value is -4.07. The lowest BCUT2D eigenvalue weighted by Gasteiger charge is -2.12. The van der Waals surface area contributed by atoms with E-state index in [-0.39, 0.29) is 10.1 Å². The summed E-state index contributed by atoms with van der Waals surface area (Å²) in [5, 5.41) is -5.30.